The van der Waals surface area contributed by atoms with Crippen molar-refractivity contribution in [2.45, 2.75) is 19.9 Å². The van der Waals surface area contributed by atoms with E-state index in [4.69, 9.17) is 0 Å². The van der Waals surface area contributed by atoms with E-state index in [1.165, 1.54) is 12.3 Å². The Hall–Kier alpha value is -1.49. The predicted octanol–water partition coefficient (Wildman–Crippen LogP) is 3.43. The summed E-state index contributed by atoms with van der Waals surface area (Å²) in [6.45, 7) is 2.11. The molecule has 0 saturated heterocycles. The number of Topliss-reactive ketones (excluding diaryl/α,β-unsaturated/α-hetero) is 1. The van der Waals surface area contributed by atoms with Crippen molar-refractivity contribution in [3.8, 4) is 0 Å². The van der Waals surface area contributed by atoms with Crippen LogP contribution in [0.15, 0.2) is 35.1 Å². The minimum Gasteiger partial charge on any atom is -0.294 e. The Morgan fingerprint density at radius 1 is 1.50 bits per heavy atom. The minimum absolute atomic E-state index is 0.0379. The first-order valence-electron chi connectivity index (χ1n) is 5.59. The summed E-state index contributed by atoms with van der Waals surface area (Å²) in [6.07, 6.45) is 3.60. The molecule has 1 heterocycles. The Labute approximate surface area is 113 Å². The summed E-state index contributed by atoms with van der Waals surface area (Å²) in [5, 5.41) is 4.07. The lowest BCUT2D eigenvalue weighted by Crippen LogP contribution is -2.02. The van der Waals surface area contributed by atoms with Crippen molar-refractivity contribution in [3.63, 3.8) is 0 Å². The predicted molar refractivity (Wildman–Crippen MR) is 70.1 cm³/mol. The van der Waals surface area contributed by atoms with Gasteiger partial charge in [0.25, 0.3) is 0 Å². The molecule has 5 heteroatoms. The molecular weight excluding hydrogens is 299 g/mol. The molecular formula is C13H12BrFN2O. The average Bonchev–Trinajstić information content (AvgIpc) is 2.81. The fourth-order valence-electron chi connectivity index (χ4n) is 1.64. The van der Waals surface area contributed by atoms with Gasteiger partial charge < -0.3 is 0 Å². The first-order valence-corrected chi connectivity index (χ1v) is 6.39. The van der Waals surface area contributed by atoms with Gasteiger partial charge in [0.05, 0.1) is 18.3 Å². The van der Waals surface area contributed by atoms with Crippen LogP contribution in [0.2, 0.25) is 0 Å². The van der Waals surface area contributed by atoms with Crippen LogP contribution in [0.3, 0.4) is 0 Å². The lowest BCUT2D eigenvalue weighted by atomic mass is 10.2. The molecule has 3 nitrogen and oxygen atoms in total. The van der Waals surface area contributed by atoms with E-state index < -0.39 is 0 Å². The van der Waals surface area contributed by atoms with Crippen LogP contribution in [0.1, 0.15) is 29.3 Å². The second-order valence-corrected chi connectivity index (χ2v) is 4.85. The topological polar surface area (TPSA) is 34.9 Å². The van der Waals surface area contributed by atoms with Gasteiger partial charge in [-0.2, -0.15) is 5.10 Å². The second-order valence-electron chi connectivity index (χ2n) is 3.94. The quantitative estimate of drug-likeness (QED) is 0.811. The molecule has 0 spiro atoms. The largest absolute Gasteiger partial charge is 0.294 e. The summed E-state index contributed by atoms with van der Waals surface area (Å²) in [5.41, 5.74) is 1.09. The summed E-state index contributed by atoms with van der Waals surface area (Å²) in [4.78, 5) is 11.5. The standard InChI is InChI=1S/C13H12BrFN2O/c1-2-13(18)10-6-16-17(8-10)7-9-5-11(14)3-4-12(9)15/h3-6,8H,2,7H2,1H3. The van der Waals surface area contributed by atoms with Crippen molar-refractivity contribution in [1.29, 1.82) is 0 Å². The molecule has 0 N–H and O–H groups in total. The van der Waals surface area contributed by atoms with Crippen molar-refractivity contribution in [2.24, 2.45) is 0 Å². The fraction of sp³-hybridized carbons (Fsp3) is 0.231. The van der Waals surface area contributed by atoms with Crippen molar-refractivity contribution in [1.82, 2.24) is 9.78 Å². The minimum atomic E-state index is -0.280. The molecule has 0 radical (unpaired) electrons. The van der Waals surface area contributed by atoms with Crippen molar-refractivity contribution < 1.29 is 9.18 Å². The van der Waals surface area contributed by atoms with Crippen LogP contribution < -0.4 is 0 Å². The molecule has 18 heavy (non-hydrogen) atoms. The van der Waals surface area contributed by atoms with E-state index in [9.17, 15) is 9.18 Å². The highest BCUT2D eigenvalue weighted by Crippen LogP contribution is 2.16. The number of carbonyl (C=O) groups is 1. The number of aromatic nitrogens is 2. The van der Waals surface area contributed by atoms with Crippen LogP contribution in [0, 0.1) is 5.82 Å². The molecule has 2 aromatic rings. The van der Waals surface area contributed by atoms with Crippen LogP contribution in [0.4, 0.5) is 4.39 Å². The number of benzene rings is 1. The molecule has 0 fully saturated rings. The molecule has 0 aliphatic heterocycles. The molecule has 1 aromatic heterocycles. The van der Waals surface area contributed by atoms with Crippen LogP contribution in [0.5, 0.6) is 0 Å². The Morgan fingerprint density at radius 3 is 3.00 bits per heavy atom. The smallest absolute Gasteiger partial charge is 0.165 e. The zero-order chi connectivity index (χ0) is 13.1. The number of halogens is 2. The van der Waals surface area contributed by atoms with E-state index in [1.807, 2.05) is 0 Å². The molecule has 1 aromatic carbocycles. The molecule has 0 amide bonds. The van der Waals surface area contributed by atoms with Gasteiger partial charge in [-0.3, -0.25) is 9.48 Å². The molecule has 0 bridgehead atoms. The van der Waals surface area contributed by atoms with Crippen LogP contribution in [-0.4, -0.2) is 15.6 Å². The van der Waals surface area contributed by atoms with E-state index in [2.05, 4.69) is 21.0 Å². The summed E-state index contributed by atoms with van der Waals surface area (Å²) >= 11 is 3.30. The second kappa shape index (κ2) is 5.44. The van der Waals surface area contributed by atoms with Crippen molar-refractivity contribution >= 4 is 21.7 Å². The number of hydrogen-bond donors (Lipinski definition) is 0. The van der Waals surface area contributed by atoms with Crippen molar-refractivity contribution in [2.75, 3.05) is 0 Å². The Bertz CT molecular complexity index is 580. The van der Waals surface area contributed by atoms with Gasteiger partial charge in [-0.25, -0.2) is 4.39 Å². The molecule has 0 aliphatic rings. The normalized spacial score (nSPS) is 10.6. The summed E-state index contributed by atoms with van der Waals surface area (Å²) in [6, 6.07) is 4.76. The van der Waals surface area contributed by atoms with Gasteiger partial charge in [0.15, 0.2) is 5.78 Å². The summed E-state index contributed by atoms with van der Waals surface area (Å²) < 4.78 is 15.9. The van der Waals surface area contributed by atoms with E-state index in [0.29, 0.717) is 24.1 Å². The number of hydrogen-bond acceptors (Lipinski definition) is 2. The summed E-state index contributed by atoms with van der Waals surface area (Å²) in [5.74, 6) is -0.243. The number of nitrogens with zero attached hydrogens (tertiary/aromatic N) is 2. The molecule has 94 valence electrons. The lowest BCUT2D eigenvalue weighted by Gasteiger charge is -2.04. The van der Waals surface area contributed by atoms with Gasteiger partial charge in [-0.1, -0.05) is 22.9 Å². The lowest BCUT2D eigenvalue weighted by molar-refractivity contribution is 0.0988. The number of carbonyl (C=O) groups excluding carboxylic acids is 1. The van der Waals surface area contributed by atoms with Gasteiger partial charge in [-0.05, 0) is 18.2 Å². The number of rotatable bonds is 4. The van der Waals surface area contributed by atoms with Gasteiger partial charge in [0.1, 0.15) is 5.82 Å². The fourth-order valence-corrected chi connectivity index (χ4v) is 2.05. The molecule has 0 atom stereocenters. The zero-order valence-electron chi connectivity index (χ0n) is 9.86. The number of ketones is 1. The summed E-state index contributed by atoms with van der Waals surface area (Å²) in [7, 11) is 0. The Balaban J connectivity index is 2.21. The first kappa shape index (κ1) is 13.0. The molecule has 2 rings (SSSR count). The van der Waals surface area contributed by atoms with E-state index >= 15 is 0 Å². The Kier molecular flexibility index (Phi) is 3.91. The highest BCUT2D eigenvalue weighted by molar-refractivity contribution is 9.10. The molecule has 0 saturated carbocycles. The van der Waals surface area contributed by atoms with Gasteiger partial charge in [0, 0.05) is 22.7 Å². The Morgan fingerprint density at radius 2 is 2.28 bits per heavy atom. The maximum absolute atomic E-state index is 13.6. The molecule has 0 unspecified atom stereocenters. The van der Waals surface area contributed by atoms with Gasteiger partial charge in [-0.15, -0.1) is 0 Å². The highest BCUT2D eigenvalue weighted by Gasteiger charge is 2.08. The monoisotopic (exact) mass is 310 g/mol. The van der Waals surface area contributed by atoms with Crippen LogP contribution in [-0.2, 0) is 6.54 Å². The SMILES string of the molecule is CCC(=O)c1cnn(Cc2cc(Br)ccc2F)c1. The van der Waals surface area contributed by atoms with E-state index in [1.54, 1.807) is 29.9 Å². The van der Waals surface area contributed by atoms with Crippen molar-refractivity contribution in [3.05, 3.63) is 52.0 Å². The van der Waals surface area contributed by atoms with E-state index in [-0.39, 0.29) is 11.6 Å². The van der Waals surface area contributed by atoms with Gasteiger partial charge >= 0.3 is 0 Å². The third-order valence-corrected chi connectivity index (χ3v) is 3.11. The maximum atomic E-state index is 13.6. The van der Waals surface area contributed by atoms with E-state index in [0.717, 1.165) is 4.47 Å². The third kappa shape index (κ3) is 2.85. The van der Waals surface area contributed by atoms with Crippen LogP contribution >= 0.6 is 15.9 Å². The average molecular weight is 311 g/mol. The highest BCUT2D eigenvalue weighted by atomic mass is 79.9. The molecule has 0 aliphatic carbocycles. The zero-order valence-corrected chi connectivity index (χ0v) is 11.4. The maximum Gasteiger partial charge on any atom is 0.165 e. The first-order chi connectivity index (χ1) is 8.60. The van der Waals surface area contributed by atoms with Crippen LogP contribution in [0.25, 0.3) is 0 Å². The third-order valence-electron chi connectivity index (χ3n) is 2.62. The van der Waals surface area contributed by atoms with Gasteiger partial charge in [0.2, 0.25) is 0 Å².